The minimum Gasteiger partial charge on any atom is -0.394 e. The largest absolute Gasteiger partial charge is 0.394 e. The standard InChI is InChI=1S/C10H13Cl2NO4S/c11-8-5-9(12)7-10(6-8)18(15,16)13-1-3-17-4-2-14/h5-7,13-14H,1-4H2. The molecule has 0 atom stereocenters. The van der Waals surface area contributed by atoms with Crippen molar-refractivity contribution >= 4 is 33.2 Å². The third kappa shape index (κ3) is 5.09. The number of halogens is 2. The predicted molar refractivity (Wildman–Crippen MR) is 69.6 cm³/mol. The second-order valence-corrected chi connectivity index (χ2v) is 5.98. The van der Waals surface area contributed by atoms with Gasteiger partial charge in [-0.05, 0) is 18.2 Å². The smallest absolute Gasteiger partial charge is 0.240 e. The topological polar surface area (TPSA) is 75.6 Å². The third-order valence-electron chi connectivity index (χ3n) is 1.92. The van der Waals surface area contributed by atoms with Gasteiger partial charge >= 0.3 is 0 Å². The maximum atomic E-state index is 11.8. The Hall–Kier alpha value is -0.370. The van der Waals surface area contributed by atoms with Crippen molar-refractivity contribution in [2.24, 2.45) is 0 Å². The van der Waals surface area contributed by atoms with E-state index >= 15 is 0 Å². The normalized spacial score (nSPS) is 11.7. The number of hydrogen-bond donors (Lipinski definition) is 2. The molecule has 0 aliphatic heterocycles. The second kappa shape index (κ2) is 7.28. The lowest BCUT2D eigenvalue weighted by Gasteiger charge is -2.07. The number of benzene rings is 1. The van der Waals surface area contributed by atoms with E-state index in [-0.39, 0.29) is 41.3 Å². The van der Waals surface area contributed by atoms with Gasteiger partial charge in [-0.15, -0.1) is 0 Å². The summed E-state index contributed by atoms with van der Waals surface area (Å²) in [4.78, 5) is 0.00200. The highest BCUT2D eigenvalue weighted by Crippen LogP contribution is 2.21. The van der Waals surface area contributed by atoms with Gasteiger partial charge in [0.25, 0.3) is 0 Å². The van der Waals surface area contributed by atoms with E-state index in [4.69, 9.17) is 33.0 Å². The fourth-order valence-electron chi connectivity index (χ4n) is 1.18. The predicted octanol–water partition coefficient (Wildman–Crippen LogP) is 1.28. The summed E-state index contributed by atoms with van der Waals surface area (Å²) in [5, 5.41) is 8.97. The number of nitrogens with one attached hydrogen (secondary N) is 1. The Morgan fingerprint density at radius 3 is 2.33 bits per heavy atom. The molecule has 0 spiro atoms. The van der Waals surface area contributed by atoms with Gasteiger partial charge in [0, 0.05) is 16.6 Å². The van der Waals surface area contributed by atoms with Crippen molar-refractivity contribution in [2.75, 3.05) is 26.4 Å². The lowest BCUT2D eigenvalue weighted by molar-refractivity contribution is 0.0961. The second-order valence-electron chi connectivity index (χ2n) is 3.34. The van der Waals surface area contributed by atoms with Crippen LogP contribution in [0.25, 0.3) is 0 Å². The third-order valence-corrected chi connectivity index (χ3v) is 3.80. The number of rotatable bonds is 7. The lowest BCUT2D eigenvalue weighted by atomic mass is 10.4. The summed E-state index contributed by atoms with van der Waals surface area (Å²) in [6, 6.07) is 4.07. The molecule has 0 saturated carbocycles. The molecule has 2 N–H and O–H groups in total. The molecule has 0 fully saturated rings. The molecule has 0 aromatic heterocycles. The average molecular weight is 314 g/mol. The first-order valence-corrected chi connectivity index (χ1v) is 7.34. The zero-order valence-electron chi connectivity index (χ0n) is 9.40. The van der Waals surface area contributed by atoms with E-state index in [1.54, 1.807) is 0 Å². The molecule has 0 saturated heterocycles. The monoisotopic (exact) mass is 313 g/mol. The highest BCUT2D eigenvalue weighted by Gasteiger charge is 2.14. The van der Waals surface area contributed by atoms with Gasteiger partial charge < -0.3 is 9.84 Å². The Morgan fingerprint density at radius 1 is 1.17 bits per heavy atom. The summed E-state index contributed by atoms with van der Waals surface area (Å²) in [5.41, 5.74) is 0. The number of hydrogen-bond acceptors (Lipinski definition) is 4. The summed E-state index contributed by atoms with van der Waals surface area (Å²) < 4.78 is 30.9. The van der Waals surface area contributed by atoms with Crippen LogP contribution in [0, 0.1) is 0 Å². The molecule has 5 nitrogen and oxygen atoms in total. The number of aliphatic hydroxyl groups is 1. The van der Waals surface area contributed by atoms with Crippen LogP contribution in [0.4, 0.5) is 0 Å². The van der Waals surface area contributed by atoms with E-state index in [9.17, 15) is 8.42 Å². The van der Waals surface area contributed by atoms with Crippen LogP contribution in [0.15, 0.2) is 23.1 Å². The summed E-state index contributed by atoms with van der Waals surface area (Å²) >= 11 is 11.5. The molecule has 0 unspecified atom stereocenters. The molecule has 0 bridgehead atoms. The maximum absolute atomic E-state index is 11.8. The first-order chi connectivity index (χ1) is 8.45. The van der Waals surface area contributed by atoms with E-state index in [0.717, 1.165) is 0 Å². The van der Waals surface area contributed by atoms with E-state index in [1.165, 1.54) is 18.2 Å². The van der Waals surface area contributed by atoms with Crippen molar-refractivity contribution in [3.63, 3.8) is 0 Å². The van der Waals surface area contributed by atoms with E-state index in [1.807, 2.05) is 0 Å². The van der Waals surface area contributed by atoms with Gasteiger partial charge in [-0.25, -0.2) is 13.1 Å². The summed E-state index contributed by atoms with van der Waals surface area (Å²) in [6.45, 7) is 0.349. The SMILES string of the molecule is O=S(=O)(NCCOCCO)c1cc(Cl)cc(Cl)c1. The molecule has 18 heavy (non-hydrogen) atoms. The first kappa shape index (κ1) is 15.7. The number of sulfonamides is 1. The highest BCUT2D eigenvalue weighted by molar-refractivity contribution is 7.89. The summed E-state index contributed by atoms with van der Waals surface area (Å²) in [7, 11) is -3.65. The van der Waals surface area contributed by atoms with Crippen LogP contribution in [0.3, 0.4) is 0 Å². The fraction of sp³-hybridized carbons (Fsp3) is 0.400. The van der Waals surface area contributed by atoms with Crippen molar-refractivity contribution in [3.05, 3.63) is 28.2 Å². The van der Waals surface area contributed by atoms with Crippen LogP contribution in [-0.2, 0) is 14.8 Å². The fourth-order valence-corrected chi connectivity index (χ4v) is 2.92. The van der Waals surface area contributed by atoms with Crippen molar-refractivity contribution in [2.45, 2.75) is 4.90 Å². The quantitative estimate of drug-likeness (QED) is 0.744. The Bertz CT molecular complexity index is 472. The summed E-state index contributed by atoms with van der Waals surface area (Å²) in [5.74, 6) is 0. The van der Waals surface area contributed by atoms with Gasteiger partial charge in [0.15, 0.2) is 0 Å². The van der Waals surface area contributed by atoms with Crippen molar-refractivity contribution in [1.82, 2.24) is 4.72 Å². The molecule has 1 aromatic rings. The zero-order valence-corrected chi connectivity index (χ0v) is 11.7. The molecule has 0 heterocycles. The van der Waals surface area contributed by atoms with Crippen molar-refractivity contribution in [1.29, 1.82) is 0 Å². The molecular weight excluding hydrogens is 301 g/mol. The molecule has 0 radical (unpaired) electrons. The van der Waals surface area contributed by atoms with E-state index in [0.29, 0.717) is 0 Å². The molecule has 8 heteroatoms. The Kier molecular flexibility index (Phi) is 6.34. The minimum atomic E-state index is -3.65. The molecule has 0 aliphatic carbocycles. The molecule has 0 amide bonds. The molecule has 0 aliphatic rings. The van der Waals surface area contributed by atoms with E-state index in [2.05, 4.69) is 4.72 Å². The van der Waals surface area contributed by atoms with Crippen LogP contribution in [0.5, 0.6) is 0 Å². The summed E-state index contributed by atoms with van der Waals surface area (Å²) in [6.07, 6.45) is 0. The van der Waals surface area contributed by atoms with Crippen LogP contribution in [0.2, 0.25) is 10.0 Å². The Balaban J connectivity index is 2.63. The van der Waals surface area contributed by atoms with Gasteiger partial charge in [0.05, 0.1) is 24.7 Å². The van der Waals surface area contributed by atoms with Crippen molar-refractivity contribution < 1.29 is 18.3 Å². The zero-order chi connectivity index (χ0) is 13.6. The number of aliphatic hydroxyl groups excluding tert-OH is 1. The average Bonchev–Trinajstić information content (AvgIpc) is 2.27. The maximum Gasteiger partial charge on any atom is 0.240 e. The highest BCUT2D eigenvalue weighted by atomic mass is 35.5. The van der Waals surface area contributed by atoms with Crippen molar-refractivity contribution in [3.8, 4) is 0 Å². The Morgan fingerprint density at radius 2 is 1.78 bits per heavy atom. The number of ether oxygens (including phenoxy) is 1. The van der Waals surface area contributed by atoms with Gasteiger partial charge in [-0.3, -0.25) is 0 Å². The van der Waals surface area contributed by atoms with Gasteiger partial charge in [0.2, 0.25) is 10.0 Å². The Labute approximate surface area is 116 Å². The van der Waals surface area contributed by atoms with Crippen LogP contribution in [0.1, 0.15) is 0 Å². The van der Waals surface area contributed by atoms with Crippen LogP contribution < -0.4 is 4.72 Å². The lowest BCUT2D eigenvalue weighted by Crippen LogP contribution is -2.27. The van der Waals surface area contributed by atoms with Crippen LogP contribution >= 0.6 is 23.2 Å². The van der Waals surface area contributed by atoms with Gasteiger partial charge in [0.1, 0.15) is 0 Å². The first-order valence-electron chi connectivity index (χ1n) is 5.10. The van der Waals surface area contributed by atoms with Gasteiger partial charge in [-0.1, -0.05) is 23.2 Å². The van der Waals surface area contributed by atoms with Gasteiger partial charge in [-0.2, -0.15) is 0 Å². The minimum absolute atomic E-state index is 0.00200. The molecular formula is C10H13Cl2NO4S. The molecule has 102 valence electrons. The van der Waals surface area contributed by atoms with Crippen LogP contribution in [-0.4, -0.2) is 39.9 Å². The van der Waals surface area contributed by atoms with E-state index < -0.39 is 10.0 Å². The molecule has 1 rings (SSSR count). The molecule has 1 aromatic carbocycles.